The third kappa shape index (κ3) is 25.9. The van der Waals surface area contributed by atoms with E-state index in [4.69, 9.17) is 5.11 Å². The normalized spacial score (nSPS) is 11.8. The van der Waals surface area contributed by atoms with E-state index in [1.165, 1.54) is 64.2 Å². The lowest BCUT2D eigenvalue weighted by Gasteiger charge is -2.03. The van der Waals surface area contributed by atoms with E-state index < -0.39 is 0 Å². The van der Waals surface area contributed by atoms with Crippen molar-refractivity contribution < 1.29 is 5.11 Å². The van der Waals surface area contributed by atoms with Crippen LogP contribution in [0.1, 0.15) is 98.3 Å². The van der Waals surface area contributed by atoms with Gasteiger partial charge in [-0.25, -0.2) is 0 Å². The number of hydrogen-bond donors (Lipinski definition) is 1. The van der Waals surface area contributed by atoms with E-state index in [-0.39, 0.29) is 6.10 Å². The second-order valence-corrected chi connectivity index (χ2v) is 5.11. The van der Waals surface area contributed by atoms with Gasteiger partial charge in [-0.1, -0.05) is 85.0 Å². The SMILES string of the molecule is CCCC.CCCCCCCCCCC(C)O. The molecule has 0 fully saturated rings. The summed E-state index contributed by atoms with van der Waals surface area (Å²) in [5.41, 5.74) is 0. The highest BCUT2D eigenvalue weighted by Gasteiger charge is 1.95. The molecule has 0 heterocycles. The maximum absolute atomic E-state index is 9.03. The van der Waals surface area contributed by atoms with Crippen molar-refractivity contribution in [2.45, 2.75) is 104 Å². The topological polar surface area (TPSA) is 20.2 Å². The summed E-state index contributed by atoms with van der Waals surface area (Å²) in [6, 6.07) is 0. The van der Waals surface area contributed by atoms with Gasteiger partial charge in [-0.3, -0.25) is 0 Å². The van der Waals surface area contributed by atoms with Crippen molar-refractivity contribution in [2.24, 2.45) is 0 Å². The minimum atomic E-state index is -0.0971. The van der Waals surface area contributed by atoms with E-state index in [9.17, 15) is 0 Å². The Morgan fingerprint density at radius 1 is 0.647 bits per heavy atom. The second-order valence-electron chi connectivity index (χ2n) is 5.11. The fraction of sp³-hybridized carbons (Fsp3) is 1.00. The Labute approximate surface area is 110 Å². The molecule has 0 bridgehead atoms. The Bertz CT molecular complexity index is 108. The van der Waals surface area contributed by atoms with E-state index >= 15 is 0 Å². The molecule has 0 rings (SSSR count). The Morgan fingerprint density at radius 2 is 1.06 bits per heavy atom. The van der Waals surface area contributed by atoms with Crippen LogP contribution in [-0.4, -0.2) is 11.2 Å². The van der Waals surface area contributed by atoms with Gasteiger partial charge in [-0.2, -0.15) is 0 Å². The summed E-state index contributed by atoms with van der Waals surface area (Å²) in [7, 11) is 0. The van der Waals surface area contributed by atoms with Crippen molar-refractivity contribution in [2.75, 3.05) is 0 Å². The molecular weight excluding hydrogens is 208 g/mol. The molecule has 0 aromatic carbocycles. The molecule has 0 aromatic heterocycles. The van der Waals surface area contributed by atoms with Gasteiger partial charge in [0.2, 0.25) is 0 Å². The van der Waals surface area contributed by atoms with Crippen molar-refractivity contribution in [3.8, 4) is 0 Å². The summed E-state index contributed by atoms with van der Waals surface area (Å²) in [4.78, 5) is 0. The number of hydrogen-bond acceptors (Lipinski definition) is 1. The molecular formula is C16H36O. The van der Waals surface area contributed by atoms with Crippen LogP contribution in [0.15, 0.2) is 0 Å². The molecule has 0 aliphatic rings. The van der Waals surface area contributed by atoms with Gasteiger partial charge in [0.25, 0.3) is 0 Å². The number of rotatable bonds is 10. The fourth-order valence-corrected chi connectivity index (χ4v) is 1.57. The van der Waals surface area contributed by atoms with Crippen LogP contribution in [0.25, 0.3) is 0 Å². The monoisotopic (exact) mass is 244 g/mol. The summed E-state index contributed by atoms with van der Waals surface area (Å²) >= 11 is 0. The van der Waals surface area contributed by atoms with Crippen LogP contribution >= 0.6 is 0 Å². The third-order valence-corrected chi connectivity index (χ3v) is 2.98. The lowest BCUT2D eigenvalue weighted by Crippen LogP contribution is -1.98. The Morgan fingerprint density at radius 3 is 1.41 bits per heavy atom. The number of aliphatic hydroxyl groups is 1. The van der Waals surface area contributed by atoms with Crippen LogP contribution in [-0.2, 0) is 0 Å². The molecule has 0 spiro atoms. The number of aliphatic hydroxyl groups excluding tert-OH is 1. The highest BCUT2D eigenvalue weighted by Crippen LogP contribution is 2.10. The number of unbranched alkanes of at least 4 members (excludes halogenated alkanes) is 8. The first kappa shape index (κ1) is 19.3. The van der Waals surface area contributed by atoms with Crippen LogP contribution in [0, 0.1) is 0 Å². The molecule has 17 heavy (non-hydrogen) atoms. The van der Waals surface area contributed by atoms with Crippen LogP contribution in [0.4, 0.5) is 0 Å². The quantitative estimate of drug-likeness (QED) is 0.488. The first-order valence-corrected chi connectivity index (χ1v) is 7.87. The van der Waals surface area contributed by atoms with Crippen molar-refractivity contribution in [3.05, 3.63) is 0 Å². The molecule has 1 nitrogen and oxygen atoms in total. The largest absolute Gasteiger partial charge is 0.393 e. The van der Waals surface area contributed by atoms with E-state index in [1.54, 1.807) is 0 Å². The van der Waals surface area contributed by atoms with Crippen molar-refractivity contribution in [1.29, 1.82) is 0 Å². The first-order chi connectivity index (χ1) is 8.18. The predicted octanol–water partition coefficient (Wildman–Crippen LogP) is 5.70. The molecule has 0 aliphatic heterocycles. The molecule has 0 amide bonds. The van der Waals surface area contributed by atoms with E-state index in [2.05, 4.69) is 20.8 Å². The summed E-state index contributed by atoms with van der Waals surface area (Å²) in [6.45, 7) is 8.49. The van der Waals surface area contributed by atoms with E-state index in [1.807, 2.05) is 6.92 Å². The van der Waals surface area contributed by atoms with Crippen molar-refractivity contribution in [3.63, 3.8) is 0 Å². The highest BCUT2D eigenvalue weighted by atomic mass is 16.3. The Hall–Kier alpha value is -0.0400. The average Bonchev–Trinajstić information content (AvgIpc) is 2.32. The zero-order valence-corrected chi connectivity index (χ0v) is 12.8. The smallest absolute Gasteiger partial charge is 0.0512 e. The molecule has 0 aliphatic carbocycles. The van der Waals surface area contributed by atoms with Crippen LogP contribution in [0.3, 0.4) is 0 Å². The van der Waals surface area contributed by atoms with Crippen LogP contribution < -0.4 is 0 Å². The minimum absolute atomic E-state index is 0.0971. The molecule has 0 saturated heterocycles. The lowest BCUT2D eigenvalue weighted by molar-refractivity contribution is 0.180. The molecule has 1 heteroatoms. The summed E-state index contributed by atoms with van der Waals surface area (Å²) in [5, 5.41) is 9.03. The minimum Gasteiger partial charge on any atom is -0.393 e. The Balaban J connectivity index is 0. The predicted molar refractivity (Wildman–Crippen MR) is 79.5 cm³/mol. The molecule has 1 atom stereocenters. The lowest BCUT2D eigenvalue weighted by atomic mass is 10.1. The molecule has 1 unspecified atom stereocenters. The first-order valence-electron chi connectivity index (χ1n) is 7.87. The van der Waals surface area contributed by atoms with Gasteiger partial charge >= 0.3 is 0 Å². The van der Waals surface area contributed by atoms with Gasteiger partial charge in [-0.05, 0) is 13.3 Å². The van der Waals surface area contributed by atoms with Gasteiger partial charge in [-0.15, -0.1) is 0 Å². The molecule has 1 N–H and O–H groups in total. The Kier molecular flexibility index (Phi) is 20.8. The van der Waals surface area contributed by atoms with Gasteiger partial charge < -0.3 is 5.11 Å². The summed E-state index contributed by atoms with van der Waals surface area (Å²) < 4.78 is 0. The highest BCUT2D eigenvalue weighted by molar-refractivity contribution is 4.49. The standard InChI is InChI=1S/C12H26O.C4H10/c1-3-4-5-6-7-8-9-10-11-12(2)13;1-3-4-2/h12-13H,3-11H2,1-2H3;3-4H2,1-2H3. The maximum Gasteiger partial charge on any atom is 0.0512 e. The summed E-state index contributed by atoms with van der Waals surface area (Å²) in [5.74, 6) is 0. The van der Waals surface area contributed by atoms with Crippen LogP contribution in [0.5, 0.6) is 0 Å². The van der Waals surface area contributed by atoms with Crippen molar-refractivity contribution in [1.82, 2.24) is 0 Å². The van der Waals surface area contributed by atoms with Gasteiger partial charge in [0.15, 0.2) is 0 Å². The van der Waals surface area contributed by atoms with Gasteiger partial charge in [0.1, 0.15) is 0 Å². The zero-order chi connectivity index (χ0) is 13.4. The maximum atomic E-state index is 9.03. The third-order valence-electron chi connectivity index (χ3n) is 2.98. The molecule has 106 valence electrons. The molecule has 0 radical (unpaired) electrons. The van der Waals surface area contributed by atoms with Crippen LogP contribution in [0.2, 0.25) is 0 Å². The second kappa shape index (κ2) is 18.3. The van der Waals surface area contributed by atoms with Gasteiger partial charge in [0.05, 0.1) is 6.10 Å². The summed E-state index contributed by atoms with van der Waals surface area (Å²) in [6.07, 6.45) is 14.3. The van der Waals surface area contributed by atoms with E-state index in [0.29, 0.717) is 0 Å². The fourth-order valence-electron chi connectivity index (χ4n) is 1.57. The van der Waals surface area contributed by atoms with Crippen molar-refractivity contribution >= 4 is 0 Å². The zero-order valence-electron chi connectivity index (χ0n) is 12.8. The molecule has 0 saturated carbocycles. The average molecular weight is 244 g/mol. The van der Waals surface area contributed by atoms with Gasteiger partial charge in [0, 0.05) is 0 Å². The van der Waals surface area contributed by atoms with E-state index in [0.717, 1.165) is 6.42 Å². The molecule has 0 aromatic rings.